The molecule has 3 amide bonds. The van der Waals surface area contributed by atoms with Gasteiger partial charge in [0.2, 0.25) is 11.8 Å². The minimum absolute atomic E-state index is 0.210. The number of nitrogens with one attached hydrogen (secondary N) is 1. The fraction of sp³-hybridized carbons (Fsp3) is 0.400. The van der Waals surface area contributed by atoms with Crippen LogP contribution in [0, 0.1) is 0 Å². The first-order chi connectivity index (χ1) is 16.1. The van der Waals surface area contributed by atoms with Crippen LogP contribution in [0.1, 0.15) is 53.6 Å². The lowest BCUT2D eigenvalue weighted by atomic mass is 10.0. The van der Waals surface area contributed by atoms with E-state index in [2.05, 4.69) is 32.6 Å². The Morgan fingerprint density at radius 1 is 0.939 bits per heavy atom. The van der Waals surface area contributed by atoms with Crippen LogP contribution < -0.4 is 5.32 Å². The van der Waals surface area contributed by atoms with Crippen LogP contribution in [0.2, 0.25) is 0 Å². The van der Waals surface area contributed by atoms with Crippen molar-refractivity contribution in [3.63, 3.8) is 0 Å². The fourth-order valence-corrected chi connectivity index (χ4v) is 4.82. The standard InChI is InChI=1S/C25H27N5O3/c31-23-12-11-22(24(32)26-23)30-16-20-19(25(30)33)5-4-6-21(20)28-27-18-9-7-17(8-10-18)15-29-13-2-1-3-14-29/h4-10,22H,1-3,11-16H2,(H,26,31,32). The number of hydrogen-bond acceptors (Lipinski definition) is 6. The van der Waals surface area contributed by atoms with Gasteiger partial charge >= 0.3 is 0 Å². The van der Waals surface area contributed by atoms with Crippen LogP contribution in [-0.4, -0.2) is 46.7 Å². The van der Waals surface area contributed by atoms with Gasteiger partial charge in [0.15, 0.2) is 0 Å². The van der Waals surface area contributed by atoms with E-state index in [1.165, 1.54) is 29.7 Å². The Kier molecular flexibility index (Phi) is 6.00. The second-order valence-corrected chi connectivity index (χ2v) is 8.91. The molecule has 0 spiro atoms. The number of rotatable bonds is 5. The lowest BCUT2D eigenvalue weighted by Gasteiger charge is -2.29. The van der Waals surface area contributed by atoms with E-state index < -0.39 is 11.9 Å². The van der Waals surface area contributed by atoms with E-state index in [9.17, 15) is 14.4 Å². The number of likely N-dealkylation sites (tertiary alicyclic amines) is 1. The highest BCUT2D eigenvalue weighted by atomic mass is 16.2. The summed E-state index contributed by atoms with van der Waals surface area (Å²) in [6.45, 7) is 3.57. The molecule has 0 saturated carbocycles. The Bertz CT molecular complexity index is 1110. The molecule has 0 aliphatic carbocycles. The highest BCUT2D eigenvalue weighted by molar-refractivity contribution is 6.06. The molecule has 2 aromatic rings. The average molecular weight is 446 g/mol. The van der Waals surface area contributed by atoms with Crippen molar-refractivity contribution < 1.29 is 14.4 Å². The van der Waals surface area contributed by atoms with Crippen LogP contribution in [-0.2, 0) is 22.7 Å². The molecule has 1 N–H and O–H groups in total. The van der Waals surface area contributed by atoms with E-state index >= 15 is 0 Å². The molecule has 0 bridgehead atoms. The first-order valence-corrected chi connectivity index (χ1v) is 11.6. The summed E-state index contributed by atoms with van der Waals surface area (Å²) in [5.74, 6) is -0.921. The predicted octanol–water partition coefficient (Wildman–Crippen LogP) is 3.85. The monoisotopic (exact) mass is 445 g/mol. The number of carbonyl (C=O) groups excluding carboxylic acids is 3. The maximum Gasteiger partial charge on any atom is 0.255 e. The highest BCUT2D eigenvalue weighted by Crippen LogP contribution is 2.34. The van der Waals surface area contributed by atoms with E-state index in [0.717, 1.165) is 30.9 Å². The number of amides is 3. The summed E-state index contributed by atoms with van der Waals surface area (Å²) >= 11 is 0. The molecule has 3 aliphatic heterocycles. The van der Waals surface area contributed by atoms with Crippen molar-refractivity contribution in [1.29, 1.82) is 0 Å². The SMILES string of the molecule is O=C1CCC(N2Cc3c(N=Nc4ccc(CN5CCCCC5)cc4)cccc3C2=O)C(=O)N1. The van der Waals surface area contributed by atoms with E-state index in [4.69, 9.17) is 0 Å². The van der Waals surface area contributed by atoms with E-state index in [0.29, 0.717) is 17.7 Å². The zero-order chi connectivity index (χ0) is 22.8. The smallest absolute Gasteiger partial charge is 0.255 e. The molecule has 3 heterocycles. The zero-order valence-electron chi connectivity index (χ0n) is 18.5. The third-order valence-electron chi connectivity index (χ3n) is 6.62. The summed E-state index contributed by atoms with van der Waals surface area (Å²) in [5, 5.41) is 11.1. The topological polar surface area (TPSA) is 94.4 Å². The van der Waals surface area contributed by atoms with Crippen LogP contribution in [0.25, 0.3) is 0 Å². The molecule has 1 unspecified atom stereocenters. The van der Waals surface area contributed by atoms with Crippen molar-refractivity contribution in [3.05, 3.63) is 59.2 Å². The quantitative estimate of drug-likeness (QED) is 0.559. The van der Waals surface area contributed by atoms with Crippen LogP contribution in [0.5, 0.6) is 0 Å². The molecule has 2 aromatic carbocycles. The van der Waals surface area contributed by atoms with Gasteiger partial charge in [0.25, 0.3) is 5.91 Å². The van der Waals surface area contributed by atoms with Gasteiger partial charge in [-0.2, -0.15) is 10.2 Å². The second-order valence-electron chi connectivity index (χ2n) is 8.91. The normalized spacial score (nSPS) is 21.5. The Hall–Kier alpha value is -3.39. The van der Waals surface area contributed by atoms with Crippen molar-refractivity contribution >= 4 is 29.1 Å². The van der Waals surface area contributed by atoms with Crippen LogP contribution in [0.4, 0.5) is 11.4 Å². The summed E-state index contributed by atoms with van der Waals surface area (Å²) in [7, 11) is 0. The van der Waals surface area contributed by atoms with Gasteiger partial charge in [-0.25, -0.2) is 0 Å². The van der Waals surface area contributed by atoms with Crippen LogP contribution in [0.15, 0.2) is 52.7 Å². The van der Waals surface area contributed by atoms with Gasteiger partial charge in [0.1, 0.15) is 6.04 Å². The second kappa shape index (κ2) is 9.23. The van der Waals surface area contributed by atoms with Crippen molar-refractivity contribution in [3.8, 4) is 0 Å². The van der Waals surface area contributed by atoms with Crippen molar-refractivity contribution in [2.75, 3.05) is 13.1 Å². The minimum Gasteiger partial charge on any atom is -0.322 e. The predicted molar refractivity (Wildman–Crippen MR) is 122 cm³/mol. The number of carbonyl (C=O) groups is 3. The third kappa shape index (κ3) is 4.57. The first kappa shape index (κ1) is 21.5. The number of azo groups is 1. The molecule has 5 rings (SSSR count). The van der Waals surface area contributed by atoms with Crippen molar-refractivity contribution in [2.45, 2.75) is 51.2 Å². The van der Waals surface area contributed by atoms with Gasteiger partial charge in [-0.3, -0.25) is 24.6 Å². The summed E-state index contributed by atoms with van der Waals surface area (Å²) in [6.07, 6.45) is 4.45. The molecular weight excluding hydrogens is 418 g/mol. The van der Waals surface area contributed by atoms with Crippen molar-refractivity contribution in [2.24, 2.45) is 10.2 Å². The Morgan fingerprint density at radius 2 is 1.73 bits per heavy atom. The highest BCUT2D eigenvalue weighted by Gasteiger charge is 2.39. The van der Waals surface area contributed by atoms with Crippen LogP contribution >= 0.6 is 0 Å². The number of imide groups is 1. The summed E-state index contributed by atoms with van der Waals surface area (Å²) < 4.78 is 0. The van der Waals surface area contributed by atoms with Gasteiger partial charge in [-0.15, -0.1) is 0 Å². The Labute approximate surface area is 192 Å². The zero-order valence-corrected chi connectivity index (χ0v) is 18.5. The molecule has 33 heavy (non-hydrogen) atoms. The summed E-state index contributed by atoms with van der Waals surface area (Å²) in [4.78, 5) is 40.7. The maximum atomic E-state index is 12.9. The van der Waals surface area contributed by atoms with Gasteiger partial charge in [-0.1, -0.05) is 24.6 Å². The van der Waals surface area contributed by atoms with E-state index in [1.54, 1.807) is 12.1 Å². The van der Waals surface area contributed by atoms with E-state index in [-0.39, 0.29) is 24.8 Å². The average Bonchev–Trinajstić information content (AvgIpc) is 3.16. The molecule has 8 heteroatoms. The molecule has 2 saturated heterocycles. The molecular formula is C25H27N5O3. The van der Waals surface area contributed by atoms with E-state index in [1.807, 2.05) is 18.2 Å². The molecule has 0 aromatic heterocycles. The summed E-state index contributed by atoms with van der Waals surface area (Å²) in [5.41, 5.74) is 3.93. The number of fused-ring (bicyclic) bond motifs is 1. The number of hydrogen-bond donors (Lipinski definition) is 1. The molecule has 3 aliphatic rings. The van der Waals surface area contributed by atoms with Crippen LogP contribution in [0.3, 0.4) is 0 Å². The number of benzene rings is 2. The molecule has 0 radical (unpaired) electrons. The van der Waals surface area contributed by atoms with Gasteiger partial charge in [0, 0.05) is 30.6 Å². The molecule has 8 nitrogen and oxygen atoms in total. The first-order valence-electron chi connectivity index (χ1n) is 11.6. The minimum atomic E-state index is -0.639. The maximum absolute atomic E-state index is 12.9. The Balaban J connectivity index is 1.29. The van der Waals surface area contributed by atoms with Gasteiger partial charge < -0.3 is 4.90 Å². The van der Waals surface area contributed by atoms with Gasteiger partial charge in [-0.05, 0) is 62.2 Å². The lowest BCUT2D eigenvalue weighted by molar-refractivity contribution is -0.136. The van der Waals surface area contributed by atoms with Gasteiger partial charge in [0.05, 0.1) is 11.4 Å². The third-order valence-corrected chi connectivity index (χ3v) is 6.62. The molecule has 1 atom stereocenters. The van der Waals surface area contributed by atoms with Crippen molar-refractivity contribution in [1.82, 2.24) is 15.1 Å². The lowest BCUT2D eigenvalue weighted by Crippen LogP contribution is -2.52. The number of piperidine rings is 2. The fourth-order valence-electron chi connectivity index (χ4n) is 4.82. The molecule has 2 fully saturated rings. The Morgan fingerprint density at radius 3 is 2.48 bits per heavy atom. The number of nitrogens with zero attached hydrogens (tertiary/aromatic N) is 4. The summed E-state index contributed by atoms with van der Waals surface area (Å²) in [6, 6.07) is 12.8. The largest absolute Gasteiger partial charge is 0.322 e. The molecule has 170 valence electrons.